The van der Waals surface area contributed by atoms with Crippen LogP contribution in [0.2, 0.25) is 0 Å². The number of thiazole rings is 1. The van der Waals surface area contributed by atoms with Crippen molar-refractivity contribution in [2.75, 3.05) is 14.2 Å². The number of methoxy groups -OCH3 is 2. The molecule has 0 atom stereocenters. The van der Waals surface area contributed by atoms with Crippen molar-refractivity contribution in [3.63, 3.8) is 0 Å². The van der Waals surface area contributed by atoms with Gasteiger partial charge < -0.3 is 14.6 Å². The summed E-state index contributed by atoms with van der Waals surface area (Å²) in [6.07, 6.45) is 0.876. The molecule has 1 N–H and O–H groups in total. The average Bonchev–Trinajstić information content (AvgIpc) is 2.89. The van der Waals surface area contributed by atoms with Gasteiger partial charge in [-0.3, -0.25) is 0 Å². The Kier molecular flexibility index (Phi) is 4.39. The van der Waals surface area contributed by atoms with Gasteiger partial charge in [0.15, 0.2) is 11.5 Å². The molecule has 0 saturated heterocycles. The van der Waals surface area contributed by atoms with Gasteiger partial charge in [0, 0.05) is 10.4 Å². The summed E-state index contributed by atoms with van der Waals surface area (Å²) in [4.78, 5) is 5.59. The van der Waals surface area contributed by atoms with Crippen LogP contribution in [-0.2, 0) is 13.0 Å². The Bertz CT molecular complexity index is 544. The van der Waals surface area contributed by atoms with Gasteiger partial charge in [0.1, 0.15) is 5.01 Å². The predicted octanol–water partition coefficient (Wildman–Crippen LogP) is 2.88. The van der Waals surface area contributed by atoms with Crippen LogP contribution in [0.4, 0.5) is 0 Å². The van der Waals surface area contributed by atoms with Gasteiger partial charge in [-0.25, -0.2) is 4.98 Å². The van der Waals surface area contributed by atoms with E-state index in [1.807, 2.05) is 18.2 Å². The fraction of sp³-hybridized carbons (Fsp3) is 0.357. The van der Waals surface area contributed by atoms with E-state index in [9.17, 15) is 5.11 Å². The molecule has 5 heteroatoms. The Hall–Kier alpha value is -1.59. The van der Waals surface area contributed by atoms with Crippen LogP contribution in [0.3, 0.4) is 0 Å². The zero-order chi connectivity index (χ0) is 13.8. The van der Waals surface area contributed by atoms with E-state index in [1.165, 1.54) is 0 Å². The van der Waals surface area contributed by atoms with Crippen molar-refractivity contribution in [2.24, 2.45) is 0 Å². The molecular weight excluding hydrogens is 262 g/mol. The molecule has 1 aromatic carbocycles. The minimum absolute atomic E-state index is 0.0209. The Balaban J connectivity index is 2.44. The quantitative estimate of drug-likeness (QED) is 0.914. The summed E-state index contributed by atoms with van der Waals surface area (Å²) in [5.74, 6) is 1.37. The molecule has 0 aliphatic rings. The van der Waals surface area contributed by atoms with Crippen molar-refractivity contribution in [1.29, 1.82) is 0 Å². The van der Waals surface area contributed by atoms with Gasteiger partial charge in [0.25, 0.3) is 0 Å². The van der Waals surface area contributed by atoms with Gasteiger partial charge in [-0.15, -0.1) is 11.3 Å². The third kappa shape index (κ3) is 2.72. The first-order valence-corrected chi connectivity index (χ1v) is 6.87. The minimum Gasteiger partial charge on any atom is -0.493 e. The van der Waals surface area contributed by atoms with Gasteiger partial charge in [0.05, 0.1) is 26.5 Å². The lowest BCUT2D eigenvalue weighted by Gasteiger charge is -2.08. The third-order valence-electron chi connectivity index (χ3n) is 2.88. The molecule has 4 nitrogen and oxygen atoms in total. The Morgan fingerprint density at radius 3 is 2.47 bits per heavy atom. The van der Waals surface area contributed by atoms with Crippen LogP contribution >= 0.6 is 11.3 Å². The van der Waals surface area contributed by atoms with Crippen LogP contribution < -0.4 is 9.47 Å². The number of rotatable bonds is 5. The van der Waals surface area contributed by atoms with E-state index in [4.69, 9.17) is 9.47 Å². The zero-order valence-electron chi connectivity index (χ0n) is 11.3. The van der Waals surface area contributed by atoms with E-state index in [2.05, 4.69) is 11.9 Å². The SMILES string of the molecule is CCc1sc(-c2ccc(OC)c(OC)c2)nc1CO. The number of hydrogen-bond acceptors (Lipinski definition) is 5. The van der Waals surface area contributed by atoms with Crippen molar-refractivity contribution in [2.45, 2.75) is 20.0 Å². The van der Waals surface area contributed by atoms with Gasteiger partial charge in [-0.1, -0.05) is 6.92 Å². The maximum Gasteiger partial charge on any atom is 0.161 e. The normalized spacial score (nSPS) is 10.5. The molecule has 0 saturated carbocycles. The first-order chi connectivity index (χ1) is 9.23. The van der Waals surface area contributed by atoms with E-state index in [1.54, 1.807) is 25.6 Å². The number of nitrogens with zero attached hydrogens (tertiary/aromatic N) is 1. The van der Waals surface area contributed by atoms with E-state index in [0.717, 1.165) is 27.6 Å². The van der Waals surface area contributed by atoms with Crippen molar-refractivity contribution in [3.05, 3.63) is 28.8 Å². The maximum atomic E-state index is 9.29. The summed E-state index contributed by atoms with van der Waals surface area (Å²) >= 11 is 1.60. The minimum atomic E-state index is -0.0209. The van der Waals surface area contributed by atoms with Crippen LogP contribution in [0.5, 0.6) is 11.5 Å². The van der Waals surface area contributed by atoms with Gasteiger partial charge >= 0.3 is 0 Å². The fourth-order valence-electron chi connectivity index (χ4n) is 1.88. The molecule has 19 heavy (non-hydrogen) atoms. The highest BCUT2D eigenvalue weighted by Crippen LogP contribution is 2.35. The zero-order valence-corrected chi connectivity index (χ0v) is 12.1. The number of aliphatic hydroxyl groups is 1. The molecule has 2 aromatic rings. The predicted molar refractivity (Wildman–Crippen MR) is 76.0 cm³/mol. The monoisotopic (exact) mass is 279 g/mol. The highest BCUT2D eigenvalue weighted by Gasteiger charge is 2.12. The average molecular weight is 279 g/mol. The molecule has 0 aliphatic heterocycles. The highest BCUT2D eigenvalue weighted by molar-refractivity contribution is 7.15. The smallest absolute Gasteiger partial charge is 0.161 e. The number of aryl methyl sites for hydroxylation is 1. The second-order valence-electron chi connectivity index (χ2n) is 3.97. The lowest BCUT2D eigenvalue weighted by atomic mass is 10.2. The van der Waals surface area contributed by atoms with Crippen LogP contribution in [-0.4, -0.2) is 24.3 Å². The summed E-state index contributed by atoms with van der Waals surface area (Å²) in [7, 11) is 3.22. The van der Waals surface area contributed by atoms with Gasteiger partial charge in [-0.2, -0.15) is 0 Å². The van der Waals surface area contributed by atoms with Crippen LogP contribution in [0.1, 0.15) is 17.5 Å². The van der Waals surface area contributed by atoms with Crippen molar-refractivity contribution in [3.8, 4) is 22.1 Å². The lowest BCUT2D eigenvalue weighted by molar-refractivity contribution is 0.276. The fourth-order valence-corrected chi connectivity index (χ4v) is 2.88. The maximum absolute atomic E-state index is 9.29. The van der Waals surface area contributed by atoms with E-state index in [-0.39, 0.29) is 6.61 Å². The molecule has 0 bridgehead atoms. The van der Waals surface area contributed by atoms with E-state index in [0.29, 0.717) is 11.5 Å². The van der Waals surface area contributed by atoms with Crippen molar-refractivity contribution in [1.82, 2.24) is 4.98 Å². The summed E-state index contributed by atoms with van der Waals surface area (Å²) in [6, 6.07) is 5.71. The number of aliphatic hydroxyl groups excluding tert-OH is 1. The van der Waals surface area contributed by atoms with Crippen LogP contribution in [0, 0.1) is 0 Å². The number of hydrogen-bond donors (Lipinski definition) is 1. The molecule has 0 spiro atoms. The summed E-state index contributed by atoms with van der Waals surface area (Å²) < 4.78 is 10.5. The number of aromatic nitrogens is 1. The van der Waals surface area contributed by atoms with E-state index < -0.39 is 0 Å². The molecule has 0 fully saturated rings. The summed E-state index contributed by atoms with van der Waals surface area (Å²) in [6.45, 7) is 2.04. The number of benzene rings is 1. The first kappa shape index (κ1) is 13.8. The third-order valence-corrected chi connectivity index (χ3v) is 4.17. The Labute approximate surface area is 116 Å². The molecule has 0 amide bonds. The molecule has 1 aromatic heterocycles. The summed E-state index contributed by atoms with van der Waals surface area (Å²) in [5, 5.41) is 10.2. The van der Waals surface area contributed by atoms with E-state index >= 15 is 0 Å². The molecule has 2 rings (SSSR count). The Morgan fingerprint density at radius 2 is 1.95 bits per heavy atom. The largest absolute Gasteiger partial charge is 0.493 e. The molecule has 102 valence electrons. The summed E-state index contributed by atoms with van der Waals surface area (Å²) in [5.41, 5.74) is 1.73. The second-order valence-corrected chi connectivity index (χ2v) is 5.05. The van der Waals surface area contributed by atoms with Gasteiger partial charge in [-0.05, 0) is 24.6 Å². The lowest BCUT2D eigenvalue weighted by Crippen LogP contribution is -1.91. The van der Waals surface area contributed by atoms with Crippen molar-refractivity contribution >= 4 is 11.3 Å². The topological polar surface area (TPSA) is 51.6 Å². The van der Waals surface area contributed by atoms with Crippen molar-refractivity contribution < 1.29 is 14.6 Å². The number of ether oxygens (including phenoxy) is 2. The Morgan fingerprint density at radius 1 is 1.21 bits per heavy atom. The molecule has 0 unspecified atom stereocenters. The molecule has 1 heterocycles. The standard InChI is InChI=1S/C14H17NO3S/c1-4-13-10(8-16)15-14(19-13)9-5-6-11(17-2)12(7-9)18-3/h5-7,16H,4,8H2,1-3H3. The first-order valence-electron chi connectivity index (χ1n) is 6.05. The second kappa shape index (κ2) is 6.04. The molecule has 0 aliphatic carbocycles. The van der Waals surface area contributed by atoms with Crippen LogP contribution in [0.25, 0.3) is 10.6 Å². The van der Waals surface area contributed by atoms with Gasteiger partial charge in [0.2, 0.25) is 0 Å². The molecule has 0 radical (unpaired) electrons. The molecular formula is C14H17NO3S. The highest BCUT2D eigenvalue weighted by atomic mass is 32.1. The van der Waals surface area contributed by atoms with Crippen LogP contribution in [0.15, 0.2) is 18.2 Å².